The number of allylic oxidation sites excluding steroid dienone is 1. The molecule has 0 aromatic rings. The predicted octanol–water partition coefficient (Wildman–Crippen LogP) is 0.643. The average Bonchev–Trinajstić information content (AvgIpc) is 2.40. The molecule has 17 heavy (non-hydrogen) atoms. The number of aliphatic imine (C=N–C) groups is 2. The third kappa shape index (κ3) is 3.38. The van der Waals surface area contributed by atoms with Crippen LogP contribution in [0, 0.1) is 5.41 Å². The molecule has 0 aromatic carbocycles. The summed E-state index contributed by atoms with van der Waals surface area (Å²) in [5.41, 5.74) is -0.344. The van der Waals surface area contributed by atoms with Crippen LogP contribution in [0.1, 0.15) is 19.8 Å². The molecule has 1 fully saturated rings. The van der Waals surface area contributed by atoms with Crippen molar-refractivity contribution >= 4 is 12.7 Å². The molecule has 1 heterocycles. The lowest BCUT2D eigenvalue weighted by molar-refractivity contribution is 0.0122. The number of guanidine groups is 1. The van der Waals surface area contributed by atoms with Crippen molar-refractivity contribution in [2.45, 2.75) is 19.8 Å². The number of piperidine rings is 1. The van der Waals surface area contributed by atoms with Crippen molar-refractivity contribution in [1.82, 2.24) is 4.90 Å². The Hall–Kier alpha value is -1.20. The Morgan fingerprint density at radius 1 is 1.35 bits per heavy atom. The van der Waals surface area contributed by atoms with Gasteiger partial charge in [-0.25, -0.2) is 9.98 Å². The number of aliphatic hydroxyl groups is 2. The van der Waals surface area contributed by atoms with E-state index >= 15 is 0 Å². The van der Waals surface area contributed by atoms with E-state index in [1.165, 1.54) is 0 Å². The van der Waals surface area contributed by atoms with E-state index in [4.69, 9.17) is 0 Å². The van der Waals surface area contributed by atoms with E-state index in [9.17, 15) is 10.2 Å². The third-order valence-electron chi connectivity index (χ3n) is 3.26. The molecule has 0 aliphatic carbocycles. The predicted molar refractivity (Wildman–Crippen MR) is 69.2 cm³/mol. The van der Waals surface area contributed by atoms with Crippen molar-refractivity contribution in [2.24, 2.45) is 15.4 Å². The molecular formula is C12H21N3O2. The molecule has 1 rings (SSSR count). The fourth-order valence-electron chi connectivity index (χ4n) is 1.91. The molecule has 1 aliphatic heterocycles. The number of aliphatic hydroxyl groups excluding tert-OH is 2. The van der Waals surface area contributed by atoms with E-state index in [0.29, 0.717) is 5.96 Å². The van der Waals surface area contributed by atoms with Crippen molar-refractivity contribution < 1.29 is 10.2 Å². The number of nitrogens with zero attached hydrogens (tertiary/aromatic N) is 3. The van der Waals surface area contributed by atoms with Crippen molar-refractivity contribution in [2.75, 3.05) is 26.3 Å². The number of hydrogen-bond acceptors (Lipinski definition) is 3. The topological polar surface area (TPSA) is 68.4 Å². The van der Waals surface area contributed by atoms with E-state index in [1.54, 1.807) is 6.20 Å². The zero-order valence-corrected chi connectivity index (χ0v) is 10.3. The highest BCUT2D eigenvalue weighted by Crippen LogP contribution is 2.30. The number of hydrogen-bond donors (Lipinski definition) is 2. The molecule has 5 nitrogen and oxygen atoms in total. The summed E-state index contributed by atoms with van der Waals surface area (Å²) in [7, 11) is 0. The fourth-order valence-corrected chi connectivity index (χ4v) is 1.91. The molecule has 1 aliphatic rings. The first-order valence-electron chi connectivity index (χ1n) is 5.84. The van der Waals surface area contributed by atoms with E-state index < -0.39 is 0 Å². The Kier molecular flexibility index (Phi) is 5.31. The maximum absolute atomic E-state index is 9.31. The second kappa shape index (κ2) is 6.51. The molecule has 2 N–H and O–H groups in total. The lowest BCUT2D eigenvalue weighted by Crippen LogP contribution is -2.45. The van der Waals surface area contributed by atoms with E-state index in [2.05, 4.69) is 16.7 Å². The quantitative estimate of drug-likeness (QED) is 0.561. The van der Waals surface area contributed by atoms with Crippen molar-refractivity contribution in [3.05, 3.63) is 12.3 Å². The van der Waals surface area contributed by atoms with Gasteiger partial charge in [-0.2, -0.15) is 0 Å². The molecule has 96 valence electrons. The summed E-state index contributed by atoms with van der Waals surface area (Å²) in [4.78, 5) is 10.1. The van der Waals surface area contributed by atoms with Gasteiger partial charge in [-0.15, -0.1) is 0 Å². The summed E-state index contributed by atoms with van der Waals surface area (Å²) in [5, 5.41) is 18.6. The molecule has 0 radical (unpaired) electrons. The van der Waals surface area contributed by atoms with Gasteiger partial charge in [0.05, 0.1) is 13.2 Å². The molecule has 0 spiro atoms. The highest BCUT2D eigenvalue weighted by atomic mass is 16.3. The molecule has 1 saturated heterocycles. The molecule has 0 amide bonds. The maximum Gasteiger partial charge on any atom is 0.224 e. The van der Waals surface area contributed by atoms with E-state index in [1.807, 2.05) is 17.9 Å². The normalized spacial score (nSPS) is 20.9. The largest absolute Gasteiger partial charge is 0.396 e. The van der Waals surface area contributed by atoms with Gasteiger partial charge in [-0.1, -0.05) is 6.08 Å². The first kappa shape index (κ1) is 13.9. The van der Waals surface area contributed by atoms with Gasteiger partial charge >= 0.3 is 0 Å². The van der Waals surface area contributed by atoms with Gasteiger partial charge < -0.3 is 15.1 Å². The van der Waals surface area contributed by atoms with Crippen LogP contribution in [0.25, 0.3) is 0 Å². The Bertz CT molecular complexity index is 299. The summed E-state index contributed by atoms with van der Waals surface area (Å²) in [6.45, 7) is 6.92. The van der Waals surface area contributed by atoms with Crippen LogP contribution in [0.3, 0.4) is 0 Å². The maximum atomic E-state index is 9.31. The summed E-state index contributed by atoms with van der Waals surface area (Å²) in [6.07, 6.45) is 5.00. The van der Waals surface area contributed by atoms with Gasteiger partial charge in [0.15, 0.2) is 0 Å². The van der Waals surface area contributed by atoms with Crippen LogP contribution >= 0.6 is 0 Å². The lowest BCUT2D eigenvalue weighted by atomic mass is 9.80. The molecule has 0 aromatic heterocycles. The molecule has 5 heteroatoms. The molecule has 0 unspecified atom stereocenters. The van der Waals surface area contributed by atoms with Crippen LogP contribution in [0.2, 0.25) is 0 Å². The second-order valence-electron chi connectivity index (χ2n) is 4.37. The van der Waals surface area contributed by atoms with Crippen LogP contribution < -0.4 is 0 Å². The summed E-state index contributed by atoms with van der Waals surface area (Å²) >= 11 is 0. The molecule has 0 saturated carbocycles. The lowest BCUT2D eigenvalue weighted by Gasteiger charge is -2.39. The Morgan fingerprint density at radius 3 is 2.35 bits per heavy atom. The van der Waals surface area contributed by atoms with Gasteiger partial charge in [0.2, 0.25) is 5.96 Å². The van der Waals surface area contributed by atoms with Crippen molar-refractivity contribution in [3.8, 4) is 0 Å². The fraction of sp³-hybridized carbons (Fsp3) is 0.667. The third-order valence-corrected chi connectivity index (χ3v) is 3.26. The first-order chi connectivity index (χ1) is 8.21. The zero-order chi connectivity index (χ0) is 12.7. The summed E-state index contributed by atoms with van der Waals surface area (Å²) < 4.78 is 0. The first-order valence-corrected chi connectivity index (χ1v) is 5.84. The highest BCUT2D eigenvalue weighted by molar-refractivity contribution is 5.84. The van der Waals surface area contributed by atoms with Gasteiger partial charge in [0, 0.05) is 24.7 Å². The van der Waals surface area contributed by atoms with Crippen LogP contribution in [-0.4, -0.2) is 54.1 Å². The van der Waals surface area contributed by atoms with Crippen molar-refractivity contribution in [1.29, 1.82) is 0 Å². The van der Waals surface area contributed by atoms with E-state index in [0.717, 1.165) is 25.9 Å². The van der Waals surface area contributed by atoms with Gasteiger partial charge in [-0.05, 0) is 26.5 Å². The van der Waals surface area contributed by atoms with Crippen LogP contribution in [-0.2, 0) is 0 Å². The zero-order valence-electron chi connectivity index (χ0n) is 10.3. The smallest absolute Gasteiger partial charge is 0.224 e. The van der Waals surface area contributed by atoms with Gasteiger partial charge in [0.25, 0.3) is 0 Å². The highest BCUT2D eigenvalue weighted by Gasteiger charge is 2.34. The minimum absolute atomic E-state index is 0.0280. The SMILES string of the molecule is C=NC(=N/C=C\C)N1CCC(CO)(CO)CC1. The molecule has 0 atom stereocenters. The molecular weight excluding hydrogens is 218 g/mol. The molecule has 0 bridgehead atoms. The summed E-state index contributed by atoms with van der Waals surface area (Å²) in [6, 6.07) is 0. The summed E-state index contributed by atoms with van der Waals surface area (Å²) in [5.74, 6) is 0.604. The number of rotatable bonds is 3. The standard InChI is InChI=1S/C12H21N3O2/c1-3-6-14-11(13-2)15-7-4-12(9-16,10-17)5-8-15/h3,6,16-17H,2,4-5,7-10H2,1H3/b6-3-,14-11?. The van der Waals surface area contributed by atoms with E-state index in [-0.39, 0.29) is 18.6 Å². The van der Waals surface area contributed by atoms with Gasteiger partial charge in [-0.3, -0.25) is 0 Å². The van der Waals surface area contributed by atoms with Crippen LogP contribution in [0.5, 0.6) is 0 Å². The van der Waals surface area contributed by atoms with Crippen LogP contribution in [0.15, 0.2) is 22.3 Å². The Balaban J connectivity index is 2.64. The van der Waals surface area contributed by atoms with Crippen molar-refractivity contribution in [3.63, 3.8) is 0 Å². The minimum atomic E-state index is -0.344. The Morgan fingerprint density at radius 2 is 1.94 bits per heavy atom. The minimum Gasteiger partial charge on any atom is -0.396 e. The van der Waals surface area contributed by atoms with Gasteiger partial charge in [0.1, 0.15) is 0 Å². The van der Waals surface area contributed by atoms with Crippen LogP contribution in [0.4, 0.5) is 0 Å². The number of likely N-dealkylation sites (tertiary alicyclic amines) is 1. The Labute approximate surface area is 102 Å². The monoisotopic (exact) mass is 239 g/mol. The second-order valence-corrected chi connectivity index (χ2v) is 4.37. The average molecular weight is 239 g/mol.